The van der Waals surface area contributed by atoms with Crippen LogP contribution in [0, 0.1) is 5.82 Å². The van der Waals surface area contributed by atoms with Gasteiger partial charge in [-0.1, -0.05) is 18.2 Å². The van der Waals surface area contributed by atoms with Gasteiger partial charge in [-0.3, -0.25) is 9.59 Å². The number of rotatable bonds is 6. The van der Waals surface area contributed by atoms with Gasteiger partial charge in [0.1, 0.15) is 11.6 Å². The van der Waals surface area contributed by atoms with Crippen molar-refractivity contribution in [2.75, 3.05) is 18.6 Å². The summed E-state index contributed by atoms with van der Waals surface area (Å²) >= 11 is 0. The number of hydrogen-bond acceptors (Lipinski definition) is 3. The quantitative estimate of drug-likeness (QED) is 0.804. The van der Waals surface area contributed by atoms with Crippen LogP contribution in [0.1, 0.15) is 12.0 Å². The van der Waals surface area contributed by atoms with Crippen LogP contribution in [-0.2, 0) is 16.0 Å². The molecule has 2 aromatic rings. The van der Waals surface area contributed by atoms with E-state index < -0.39 is 6.04 Å². The molecule has 0 spiro atoms. The fourth-order valence-electron chi connectivity index (χ4n) is 2.98. The van der Waals surface area contributed by atoms with Crippen molar-refractivity contribution in [3.63, 3.8) is 0 Å². The highest BCUT2D eigenvalue weighted by molar-refractivity contribution is 6.21. The molecule has 1 heterocycles. The maximum atomic E-state index is 13.6. The number of amides is 2. The molecule has 25 heavy (non-hydrogen) atoms. The minimum Gasteiger partial charge on any atom is -0.497 e. The summed E-state index contributed by atoms with van der Waals surface area (Å²) in [4.78, 5) is 26.0. The van der Waals surface area contributed by atoms with Gasteiger partial charge in [0.15, 0.2) is 6.04 Å². The summed E-state index contributed by atoms with van der Waals surface area (Å²) in [6.07, 6.45) is 0.662. The Bertz CT molecular complexity index is 776. The number of anilines is 1. The molecular formula is C19H20FN2O3+. The molecule has 3 rings (SSSR count). The van der Waals surface area contributed by atoms with Gasteiger partial charge in [-0.2, -0.15) is 0 Å². The molecule has 0 aliphatic carbocycles. The fourth-order valence-corrected chi connectivity index (χ4v) is 2.98. The van der Waals surface area contributed by atoms with Crippen molar-refractivity contribution in [1.29, 1.82) is 0 Å². The van der Waals surface area contributed by atoms with Crippen molar-refractivity contribution in [3.05, 3.63) is 59.9 Å². The van der Waals surface area contributed by atoms with Crippen molar-refractivity contribution in [1.82, 2.24) is 0 Å². The third-order valence-electron chi connectivity index (χ3n) is 4.33. The van der Waals surface area contributed by atoms with E-state index in [1.807, 2.05) is 5.32 Å². The molecule has 0 saturated carbocycles. The van der Waals surface area contributed by atoms with E-state index in [9.17, 15) is 14.0 Å². The summed E-state index contributed by atoms with van der Waals surface area (Å²) in [5.41, 5.74) is 1.16. The first-order valence-corrected chi connectivity index (χ1v) is 8.17. The van der Waals surface area contributed by atoms with E-state index in [1.165, 1.54) is 11.0 Å². The SMILES string of the molecule is COc1ccc(N2C(=O)C[C@@H]([NH2+]CCc3ccccc3F)C2=O)cc1. The summed E-state index contributed by atoms with van der Waals surface area (Å²) in [5, 5.41) is 1.82. The fraction of sp³-hybridized carbons (Fsp3) is 0.263. The van der Waals surface area contributed by atoms with Crippen LogP contribution in [0.3, 0.4) is 0 Å². The average Bonchev–Trinajstić information content (AvgIpc) is 2.90. The zero-order valence-electron chi connectivity index (χ0n) is 13.9. The van der Waals surface area contributed by atoms with Gasteiger partial charge >= 0.3 is 0 Å². The van der Waals surface area contributed by atoms with Crippen LogP contribution in [0.5, 0.6) is 5.75 Å². The first kappa shape index (κ1) is 17.1. The van der Waals surface area contributed by atoms with Gasteiger partial charge in [-0.15, -0.1) is 0 Å². The minimum absolute atomic E-state index is 0.155. The van der Waals surface area contributed by atoms with E-state index in [4.69, 9.17) is 4.74 Å². The molecule has 1 saturated heterocycles. The van der Waals surface area contributed by atoms with Gasteiger partial charge in [-0.05, 0) is 35.9 Å². The molecule has 1 atom stereocenters. The Kier molecular flexibility index (Phi) is 5.09. The number of nitrogens with two attached hydrogens (primary N) is 1. The molecule has 1 fully saturated rings. The molecule has 1 aliphatic heterocycles. The highest BCUT2D eigenvalue weighted by Crippen LogP contribution is 2.24. The molecule has 5 nitrogen and oxygen atoms in total. The van der Waals surface area contributed by atoms with Gasteiger partial charge in [0.25, 0.3) is 5.91 Å². The predicted molar refractivity (Wildman–Crippen MR) is 90.8 cm³/mol. The minimum atomic E-state index is -0.457. The van der Waals surface area contributed by atoms with Crippen molar-refractivity contribution >= 4 is 17.5 Å². The topological polar surface area (TPSA) is 63.2 Å². The number of methoxy groups -OCH3 is 1. The van der Waals surface area contributed by atoms with E-state index in [0.29, 0.717) is 30.0 Å². The van der Waals surface area contributed by atoms with Crippen LogP contribution >= 0.6 is 0 Å². The second-order valence-electron chi connectivity index (χ2n) is 5.94. The Hall–Kier alpha value is -2.73. The van der Waals surface area contributed by atoms with Crippen LogP contribution in [0.4, 0.5) is 10.1 Å². The standard InChI is InChI=1S/C19H19FN2O3/c1-25-15-8-6-14(7-9-15)22-18(23)12-17(19(22)24)21-11-10-13-4-2-3-5-16(13)20/h2-9,17,21H,10-12H2,1H3/p+1/t17-/m1/s1. The lowest BCUT2D eigenvalue weighted by Crippen LogP contribution is -2.92. The second kappa shape index (κ2) is 7.44. The number of hydrogen-bond donors (Lipinski definition) is 1. The Morgan fingerprint density at radius 2 is 1.88 bits per heavy atom. The van der Waals surface area contributed by atoms with Crippen LogP contribution in [0.2, 0.25) is 0 Å². The Labute approximate surface area is 145 Å². The number of ether oxygens (including phenoxy) is 1. The van der Waals surface area contributed by atoms with Crippen LogP contribution in [0.15, 0.2) is 48.5 Å². The number of halogens is 1. The highest BCUT2D eigenvalue weighted by atomic mass is 19.1. The van der Waals surface area contributed by atoms with Crippen molar-refractivity contribution < 1.29 is 24.0 Å². The summed E-state index contributed by atoms with van der Waals surface area (Å²) in [7, 11) is 1.56. The Morgan fingerprint density at radius 1 is 1.16 bits per heavy atom. The van der Waals surface area contributed by atoms with Crippen molar-refractivity contribution in [2.45, 2.75) is 18.9 Å². The molecule has 6 heteroatoms. The van der Waals surface area contributed by atoms with Gasteiger partial charge in [-0.25, -0.2) is 9.29 Å². The number of benzene rings is 2. The first-order chi connectivity index (χ1) is 12.1. The Morgan fingerprint density at radius 3 is 2.56 bits per heavy atom. The monoisotopic (exact) mass is 343 g/mol. The molecule has 2 amide bonds. The van der Waals surface area contributed by atoms with Crippen molar-refractivity contribution in [2.24, 2.45) is 0 Å². The molecule has 2 N–H and O–H groups in total. The van der Waals surface area contributed by atoms with Crippen LogP contribution < -0.4 is 15.0 Å². The number of imide groups is 1. The molecule has 0 unspecified atom stereocenters. The van der Waals surface area contributed by atoms with Gasteiger partial charge < -0.3 is 10.1 Å². The molecule has 0 bridgehead atoms. The lowest BCUT2D eigenvalue weighted by molar-refractivity contribution is -0.674. The van der Waals surface area contributed by atoms with Gasteiger partial charge in [0.2, 0.25) is 5.91 Å². The molecule has 0 radical (unpaired) electrons. The second-order valence-corrected chi connectivity index (χ2v) is 5.94. The number of carbonyl (C=O) groups is 2. The number of carbonyl (C=O) groups excluding carboxylic acids is 2. The summed E-state index contributed by atoms with van der Waals surface area (Å²) in [6.45, 7) is 0.543. The van der Waals surface area contributed by atoms with E-state index in [1.54, 1.807) is 49.6 Å². The molecule has 2 aromatic carbocycles. The molecular weight excluding hydrogens is 323 g/mol. The maximum absolute atomic E-state index is 13.6. The number of quaternary nitrogens is 1. The molecule has 0 aromatic heterocycles. The molecule has 130 valence electrons. The third-order valence-corrected chi connectivity index (χ3v) is 4.33. The van der Waals surface area contributed by atoms with E-state index in [2.05, 4.69) is 0 Å². The average molecular weight is 343 g/mol. The van der Waals surface area contributed by atoms with E-state index in [-0.39, 0.29) is 24.1 Å². The van der Waals surface area contributed by atoms with E-state index >= 15 is 0 Å². The lowest BCUT2D eigenvalue weighted by Gasteiger charge is -2.14. The van der Waals surface area contributed by atoms with Gasteiger partial charge in [0, 0.05) is 6.42 Å². The van der Waals surface area contributed by atoms with Crippen LogP contribution in [0.25, 0.3) is 0 Å². The Balaban J connectivity index is 1.61. The summed E-state index contributed by atoms with van der Waals surface area (Å²) < 4.78 is 18.7. The molecule has 1 aliphatic rings. The first-order valence-electron chi connectivity index (χ1n) is 8.17. The third kappa shape index (κ3) is 3.69. The van der Waals surface area contributed by atoms with E-state index in [0.717, 1.165) is 0 Å². The number of nitrogens with zero attached hydrogens (tertiary/aromatic N) is 1. The lowest BCUT2D eigenvalue weighted by atomic mass is 10.1. The van der Waals surface area contributed by atoms with Crippen molar-refractivity contribution in [3.8, 4) is 5.75 Å². The zero-order valence-corrected chi connectivity index (χ0v) is 13.9. The smallest absolute Gasteiger partial charge is 0.292 e. The largest absolute Gasteiger partial charge is 0.497 e. The summed E-state index contributed by atoms with van der Waals surface area (Å²) in [6, 6.07) is 12.9. The summed E-state index contributed by atoms with van der Waals surface area (Å²) in [5.74, 6) is -0.0357. The van der Waals surface area contributed by atoms with Crippen LogP contribution in [-0.4, -0.2) is 31.5 Å². The highest BCUT2D eigenvalue weighted by Gasteiger charge is 2.42. The normalized spacial score (nSPS) is 17.2. The van der Waals surface area contributed by atoms with Gasteiger partial charge in [0.05, 0.1) is 25.8 Å². The predicted octanol–water partition coefficient (Wildman–Crippen LogP) is 1.27. The maximum Gasteiger partial charge on any atom is 0.292 e. The zero-order chi connectivity index (χ0) is 17.8.